The van der Waals surface area contributed by atoms with Crippen molar-refractivity contribution >= 4 is 12.1 Å². The number of H-pyrrole nitrogens is 1. The molecule has 0 bridgehead atoms. The summed E-state index contributed by atoms with van der Waals surface area (Å²) in [5, 5.41) is 30.0. The van der Waals surface area contributed by atoms with Gasteiger partial charge in [-0.15, -0.1) is 0 Å². The van der Waals surface area contributed by atoms with Crippen LogP contribution in [0.5, 0.6) is 5.75 Å². The third-order valence-electron chi connectivity index (χ3n) is 2.23. The smallest absolute Gasteiger partial charge is 0.167 e. The molecule has 10 heteroatoms. The van der Waals surface area contributed by atoms with Crippen molar-refractivity contribution in [2.24, 2.45) is 10.2 Å². The van der Waals surface area contributed by atoms with E-state index in [0.717, 1.165) is 0 Å². The molecule has 0 fully saturated rings. The molecule has 0 saturated heterocycles. The minimum Gasteiger partial charge on any atom is -2.00 e. The molecule has 4 N–H and O–H groups in total. The van der Waals surface area contributed by atoms with Gasteiger partial charge < -0.3 is 39.0 Å². The number of rotatable bonds is 3. The van der Waals surface area contributed by atoms with E-state index in [1.807, 2.05) is 0 Å². The van der Waals surface area contributed by atoms with Crippen LogP contribution in [0.25, 0.3) is 0 Å². The Morgan fingerprint density at radius 1 is 1.04 bits per heavy atom. The van der Waals surface area contributed by atoms with Crippen LogP contribution in [0.3, 0.4) is 0 Å². The zero-order chi connectivity index (χ0) is 12.8. The average molecular weight is 423 g/mol. The molecule has 0 unspecified atom stereocenters. The molecule has 0 spiro atoms. The third kappa shape index (κ3) is 9.02. The molecule has 23 heavy (non-hydrogen) atoms. The van der Waals surface area contributed by atoms with E-state index in [1.54, 1.807) is 42.7 Å². The standard InChI is InChI=1S/C13H11N3O2.ClH.Mo.H2O.2O/c17-12-4-2-1-3-11(12)9-15-16-13(18)10-5-7-14-8-6-10;;;;;/h1-9,17H,(H,16,18);1H;;1H2;;/q;;;;2*-2/p-1/b15-9+;;;;;. The molecule has 8 nitrogen and oxygen atoms in total. The van der Waals surface area contributed by atoms with Gasteiger partial charge in [0, 0.05) is 39.1 Å². The second kappa shape index (κ2) is 15.1. The maximum Gasteiger partial charge on any atom is 0.167 e. The monoisotopic (exact) mass is 424 g/mol. The molecule has 0 aliphatic rings. The van der Waals surface area contributed by atoms with Crippen molar-refractivity contribution in [3.8, 4) is 5.75 Å². The van der Waals surface area contributed by atoms with Crippen LogP contribution in [0.2, 0.25) is 0 Å². The van der Waals surface area contributed by atoms with Crippen molar-refractivity contribution in [3.63, 3.8) is 0 Å². The Morgan fingerprint density at radius 2 is 1.61 bits per heavy atom. The van der Waals surface area contributed by atoms with E-state index >= 15 is 0 Å². The van der Waals surface area contributed by atoms with Crippen molar-refractivity contribution in [1.82, 2.24) is 0 Å². The molecule has 0 amide bonds. The first-order valence-electron chi connectivity index (χ1n) is 5.28. The summed E-state index contributed by atoms with van der Waals surface area (Å²) in [6, 6.07) is 9.60. The van der Waals surface area contributed by atoms with Crippen molar-refractivity contribution in [2.45, 2.75) is 0 Å². The summed E-state index contributed by atoms with van der Waals surface area (Å²) in [6.45, 7) is 0. The molecule has 0 atom stereocenters. The van der Waals surface area contributed by atoms with Crippen LogP contribution in [-0.4, -0.2) is 12.1 Å². The van der Waals surface area contributed by atoms with Crippen LogP contribution in [0.1, 0.15) is 11.1 Å². The van der Waals surface area contributed by atoms with Gasteiger partial charge >= 0.3 is 0 Å². The summed E-state index contributed by atoms with van der Waals surface area (Å²) in [7, 11) is 0. The number of nitrogens with one attached hydrogen (secondary N) is 1. The van der Waals surface area contributed by atoms with Gasteiger partial charge in [0.1, 0.15) is 0 Å². The minimum absolute atomic E-state index is 0. The Kier molecular flexibility index (Phi) is 19.2. The van der Waals surface area contributed by atoms with Crippen LogP contribution < -0.4 is 27.6 Å². The number of nitrogens with zero attached hydrogens (tertiary/aromatic N) is 2. The molecule has 0 aliphatic carbocycles. The Labute approximate surface area is 153 Å². The van der Waals surface area contributed by atoms with Crippen LogP contribution in [0, 0.1) is 0 Å². The molecule has 0 aliphatic heterocycles. The minimum atomic E-state index is -0.455. The molecule has 128 valence electrons. The first kappa shape index (κ1) is 29.2. The fourth-order valence-electron chi connectivity index (χ4n) is 1.32. The van der Waals surface area contributed by atoms with E-state index in [-0.39, 0.29) is 55.7 Å². The molecule has 2 aromatic rings. The van der Waals surface area contributed by atoms with Gasteiger partial charge in [-0.3, -0.25) is 0 Å². The van der Waals surface area contributed by atoms with E-state index in [0.29, 0.717) is 11.1 Å². The number of aromatic nitrogens is 1. The fourth-order valence-corrected chi connectivity index (χ4v) is 1.32. The zero-order valence-corrected chi connectivity index (χ0v) is 14.4. The molecule has 1 aromatic heterocycles. The van der Waals surface area contributed by atoms with Crippen molar-refractivity contribution in [2.75, 3.05) is 0 Å². The van der Waals surface area contributed by atoms with Crippen molar-refractivity contribution < 1.29 is 65.1 Å². The molecule has 1 aromatic carbocycles. The summed E-state index contributed by atoms with van der Waals surface area (Å²) >= 11 is 0. The van der Waals surface area contributed by atoms with Crippen molar-refractivity contribution in [3.05, 3.63) is 59.9 Å². The number of para-hydroxylation sites is 1. The number of benzene rings is 1. The van der Waals surface area contributed by atoms with Crippen LogP contribution in [-0.2, 0) is 37.5 Å². The third-order valence-corrected chi connectivity index (χ3v) is 2.23. The second-order valence-electron chi connectivity index (χ2n) is 3.48. The Bertz CT molecular complexity index is 599. The molecule has 0 radical (unpaired) electrons. The summed E-state index contributed by atoms with van der Waals surface area (Å²) in [5.74, 6) is -0.609. The first-order chi connectivity index (χ1) is 8.77. The summed E-state index contributed by atoms with van der Waals surface area (Å²) in [6.07, 6.45) is 4.52. The normalized spacial score (nSPS) is 9.30. The zero-order valence-electron chi connectivity index (χ0n) is 11.6. The molecule has 2 rings (SSSR count). The topological polar surface area (TPSA) is 175 Å². The molecular formula is C13H13ClMoN3O5-5. The van der Waals surface area contributed by atoms with E-state index in [1.165, 1.54) is 12.3 Å². The molecular weight excluding hydrogens is 410 g/mol. The summed E-state index contributed by atoms with van der Waals surface area (Å²) in [5.41, 5.74) is 0.830. The number of aromatic amines is 1. The predicted molar refractivity (Wildman–Crippen MR) is 69.3 cm³/mol. The van der Waals surface area contributed by atoms with Gasteiger partial charge in [-0.2, -0.15) is 10.2 Å². The van der Waals surface area contributed by atoms with Crippen LogP contribution in [0.4, 0.5) is 0 Å². The first-order valence-corrected chi connectivity index (χ1v) is 5.28. The van der Waals surface area contributed by atoms with Gasteiger partial charge in [0.2, 0.25) is 0 Å². The van der Waals surface area contributed by atoms with E-state index in [2.05, 4.69) is 15.2 Å². The van der Waals surface area contributed by atoms with Gasteiger partial charge in [-0.25, -0.2) is 4.98 Å². The number of pyridine rings is 1. The van der Waals surface area contributed by atoms with Gasteiger partial charge in [0.05, 0.1) is 6.21 Å². The van der Waals surface area contributed by atoms with Gasteiger partial charge in [0.25, 0.3) is 0 Å². The Morgan fingerprint density at radius 3 is 2.17 bits per heavy atom. The largest absolute Gasteiger partial charge is 2.00 e. The summed E-state index contributed by atoms with van der Waals surface area (Å²) < 4.78 is 0. The van der Waals surface area contributed by atoms with Crippen LogP contribution >= 0.6 is 0 Å². The number of halogens is 1. The van der Waals surface area contributed by atoms with Crippen molar-refractivity contribution in [1.29, 1.82) is 0 Å². The Hall–Kier alpha value is -1.83. The van der Waals surface area contributed by atoms with Gasteiger partial charge in [-0.1, -0.05) is 30.0 Å². The maximum atomic E-state index is 11.5. The van der Waals surface area contributed by atoms with Crippen LogP contribution in [0.15, 0.2) is 59.0 Å². The quantitative estimate of drug-likeness (QED) is 0.160. The SMILES string of the molecule is [Cl-].[Mo].[O-2].[O-2].[O-]/C(=N\N=C\c1ccccc1[O-])c1cc[nH+]cc1.[OH3+]. The van der Waals surface area contributed by atoms with Gasteiger partial charge in [-0.05, 0) is 11.1 Å². The average Bonchev–Trinajstić information content (AvgIpc) is 2.42. The van der Waals surface area contributed by atoms with E-state index in [4.69, 9.17) is 0 Å². The molecule has 0 saturated carbocycles. The Balaban J connectivity index is -0.000000361. The maximum absolute atomic E-state index is 11.5. The van der Waals surface area contributed by atoms with E-state index < -0.39 is 5.90 Å². The fraction of sp³-hybridized carbons (Fsp3) is 0. The molecule has 1 heterocycles. The second-order valence-corrected chi connectivity index (χ2v) is 3.48. The van der Waals surface area contributed by atoms with Gasteiger partial charge in [0.15, 0.2) is 12.4 Å². The number of hydrogen-bond donors (Lipinski definition) is 0. The number of hydrogen-bond acceptors (Lipinski definition) is 4. The van der Waals surface area contributed by atoms with E-state index in [9.17, 15) is 10.2 Å². The predicted octanol–water partition coefficient (Wildman–Crippen LogP) is -4.44. The summed E-state index contributed by atoms with van der Waals surface area (Å²) in [4.78, 5) is 2.80.